The maximum absolute atomic E-state index is 13.0. The minimum absolute atomic E-state index is 0.162. The quantitative estimate of drug-likeness (QED) is 0.275. The summed E-state index contributed by atoms with van der Waals surface area (Å²) in [5, 5.41) is 0. The van der Waals surface area contributed by atoms with Gasteiger partial charge in [-0.15, -0.1) is 0 Å². The maximum atomic E-state index is 13.0. The Kier molecular flexibility index (Phi) is 9.09. The summed E-state index contributed by atoms with van der Waals surface area (Å²) >= 11 is 2.21. The van der Waals surface area contributed by atoms with Gasteiger partial charge in [0.1, 0.15) is 0 Å². The Labute approximate surface area is 196 Å². The van der Waals surface area contributed by atoms with Crippen molar-refractivity contribution in [3.63, 3.8) is 0 Å². The summed E-state index contributed by atoms with van der Waals surface area (Å²) in [7, 11) is 0. The summed E-state index contributed by atoms with van der Waals surface area (Å²) < 4.78 is 16.7. The molecule has 0 radical (unpaired) electrons. The van der Waals surface area contributed by atoms with Crippen molar-refractivity contribution in [2.45, 2.75) is 41.0 Å². The van der Waals surface area contributed by atoms with E-state index in [1.165, 1.54) is 0 Å². The summed E-state index contributed by atoms with van der Waals surface area (Å²) in [4.78, 5) is 40.3. The highest BCUT2D eigenvalue weighted by Gasteiger charge is 2.41. The number of ether oxygens (including phenoxy) is 3. The van der Waals surface area contributed by atoms with Gasteiger partial charge in [0.05, 0.1) is 43.1 Å². The molecule has 1 aliphatic rings. The first kappa shape index (κ1) is 24.9. The second kappa shape index (κ2) is 11.3. The Hall–Kier alpha value is -2.36. The predicted octanol–water partition coefficient (Wildman–Crippen LogP) is 4.35. The van der Waals surface area contributed by atoms with E-state index in [1.807, 2.05) is 29.2 Å². The third-order valence-corrected chi connectivity index (χ3v) is 5.82. The van der Waals surface area contributed by atoms with Crippen LogP contribution in [0.1, 0.15) is 41.0 Å². The first-order valence-corrected chi connectivity index (χ1v) is 11.3. The van der Waals surface area contributed by atoms with E-state index in [-0.39, 0.29) is 37.4 Å². The van der Waals surface area contributed by atoms with Gasteiger partial charge < -0.3 is 19.1 Å². The summed E-state index contributed by atoms with van der Waals surface area (Å²) in [6.45, 7) is 9.25. The average Bonchev–Trinajstić information content (AvgIpc) is 2.70. The Morgan fingerprint density at radius 1 is 0.871 bits per heavy atom. The molecule has 0 aromatic heterocycles. The Balaban J connectivity index is 2.76. The Morgan fingerprint density at radius 2 is 1.35 bits per heavy atom. The van der Waals surface area contributed by atoms with Gasteiger partial charge in [-0.1, -0.05) is 12.1 Å². The number of hydrogen-bond donors (Lipinski definition) is 0. The molecule has 31 heavy (non-hydrogen) atoms. The van der Waals surface area contributed by atoms with Crippen molar-refractivity contribution in [1.82, 2.24) is 0 Å². The zero-order valence-corrected chi connectivity index (χ0v) is 20.6. The molecule has 0 fully saturated rings. The van der Waals surface area contributed by atoms with E-state index in [4.69, 9.17) is 14.2 Å². The predicted molar refractivity (Wildman–Crippen MR) is 125 cm³/mol. The van der Waals surface area contributed by atoms with E-state index in [9.17, 15) is 14.4 Å². The first-order valence-electron chi connectivity index (χ1n) is 10.2. The van der Waals surface area contributed by atoms with Crippen molar-refractivity contribution in [3.8, 4) is 0 Å². The van der Waals surface area contributed by atoms with Crippen LogP contribution in [0.25, 0.3) is 0 Å². The molecule has 1 aliphatic heterocycles. The molecule has 0 unspecified atom stereocenters. The topological polar surface area (TPSA) is 82.1 Å². The SMILES string of the molecule is CCOC(=O)CC1C(C(=O)OCC)=C(C)N(c2ccccc2I)C(C)=C1C(=O)OCC. The van der Waals surface area contributed by atoms with Gasteiger partial charge in [0.25, 0.3) is 0 Å². The lowest BCUT2D eigenvalue weighted by molar-refractivity contribution is -0.144. The van der Waals surface area contributed by atoms with E-state index in [2.05, 4.69) is 22.6 Å². The van der Waals surface area contributed by atoms with Gasteiger partial charge >= 0.3 is 17.9 Å². The molecule has 8 heteroatoms. The lowest BCUT2D eigenvalue weighted by Crippen LogP contribution is -2.37. The van der Waals surface area contributed by atoms with E-state index >= 15 is 0 Å². The fourth-order valence-corrected chi connectivity index (χ4v) is 4.35. The summed E-state index contributed by atoms with van der Waals surface area (Å²) in [5.41, 5.74) is 2.52. The van der Waals surface area contributed by atoms with Crippen molar-refractivity contribution in [2.24, 2.45) is 5.92 Å². The molecule has 0 aliphatic carbocycles. The highest BCUT2D eigenvalue weighted by molar-refractivity contribution is 14.1. The molecular weight excluding hydrogens is 513 g/mol. The van der Waals surface area contributed by atoms with Crippen LogP contribution in [-0.2, 0) is 28.6 Å². The smallest absolute Gasteiger partial charge is 0.336 e. The number of carbonyl (C=O) groups excluding carboxylic acids is 3. The van der Waals surface area contributed by atoms with E-state index in [0.717, 1.165) is 9.26 Å². The normalized spacial score (nSPS) is 14.6. The zero-order valence-electron chi connectivity index (χ0n) is 18.5. The van der Waals surface area contributed by atoms with Crippen LogP contribution in [0.2, 0.25) is 0 Å². The molecule has 0 bridgehead atoms. The fraction of sp³-hybridized carbons (Fsp3) is 0.435. The molecule has 0 amide bonds. The van der Waals surface area contributed by atoms with Gasteiger partial charge in [-0.05, 0) is 69.3 Å². The number of halogens is 1. The van der Waals surface area contributed by atoms with Crippen LogP contribution in [0.15, 0.2) is 46.8 Å². The fourth-order valence-electron chi connectivity index (χ4n) is 3.72. The molecule has 0 atom stereocenters. The number of hydrogen-bond acceptors (Lipinski definition) is 7. The van der Waals surface area contributed by atoms with Crippen molar-refractivity contribution < 1.29 is 28.6 Å². The van der Waals surface area contributed by atoms with Crippen LogP contribution in [0.5, 0.6) is 0 Å². The Bertz CT molecular complexity index is 878. The highest BCUT2D eigenvalue weighted by Crippen LogP contribution is 2.42. The zero-order chi connectivity index (χ0) is 23.1. The van der Waals surface area contributed by atoms with Gasteiger partial charge in [0, 0.05) is 20.9 Å². The van der Waals surface area contributed by atoms with Crippen molar-refractivity contribution in [2.75, 3.05) is 24.7 Å². The molecule has 2 rings (SSSR count). The maximum Gasteiger partial charge on any atom is 0.336 e. The van der Waals surface area contributed by atoms with Crippen molar-refractivity contribution in [1.29, 1.82) is 0 Å². The Morgan fingerprint density at radius 3 is 1.81 bits per heavy atom. The molecule has 0 N–H and O–H groups in total. The number of allylic oxidation sites excluding steroid dienone is 2. The summed E-state index contributed by atoms with van der Waals surface area (Å²) in [6, 6.07) is 7.65. The van der Waals surface area contributed by atoms with Crippen LogP contribution in [-0.4, -0.2) is 37.7 Å². The van der Waals surface area contributed by atoms with E-state index in [1.54, 1.807) is 34.6 Å². The molecule has 1 heterocycles. The van der Waals surface area contributed by atoms with Gasteiger partial charge in [-0.25, -0.2) is 9.59 Å². The molecule has 168 valence electrons. The molecule has 0 saturated carbocycles. The molecule has 1 aromatic carbocycles. The summed E-state index contributed by atoms with van der Waals surface area (Å²) in [6.07, 6.45) is -0.162. The minimum atomic E-state index is -0.824. The van der Waals surface area contributed by atoms with Crippen LogP contribution >= 0.6 is 22.6 Å². The number of rotatable bonds is 8. The lowest BCUT2D eigenvalue weighted by Gasteiger charge is -2.37. The molecule has 1 aromatic rings. The van der Waals surface area contributed by atoms with Gasteiger partial charge in [-0.3, -0.25) is 4.79 Å². The molecule has 7 nitrogen and oxygen atoms in total. The van der Waals surface area contributed by atoms with Crippen molar-refractivity contribution >= 4 is 46.2 Å². The monoisotopic (exact) mass is 541 g/mol. The summed E-state index contributed by atoms with van der Waals surface area (Å²) in [5.74, 6) is -2.46. The second-order valence-corrected chi connectivity index (χ2v) is 7.95. The third-order valence-electron chi connectivity index (χ3n) is 4.91. The number of carbonyl (C=O) groups is 3. The van der Waals surface area contributed by atoms with Gasteiger partial charge in [0.2, 0.25) is 0 Å². The van der Waals surface area contributed by atoms with Crippen molar-refractivity contribution in [3.05, 3.63) is 50.4 Å². The van der Waals surface area contributed by atoms with Gasteiger partial charge in [-0.2, -0.15) is 0 Å². The van der Waals surface area contributed by atoms with E-state index < -0.39 is 23.8 Å². The minimum Gasteiger partial charge on any atom is -0.466 e. The van der Waals surface area contributed by atoms with Crippen LogP contribution < -0.4 is 4.90 Å². The number of anilines is 1. The second-order valence-electron chi connectivity index (χ2n) is 6.79. The molecule has 0 saturated heterocycles. The van der Waals surface area contributed by atoms with Gasteiger partial charge in [0.15, 0.2) is 0 Å². The average molecular weight is 541 g/mol. The number of esters is 3. The van der Waals surface area contributed by atoms with Crippen LogP contribution in [0, 0.1) is 9.49 Å². The molecule has 0 spiro atoms. The lowest BCUT2D eigenvalue weighted by atomic mass is 9.82. The molecular formula is C23H28INO6. The number of para-hydroxylation sites is 1. The first-order chi connectivity index (χ1) is 14.8. The number of benzene rings is 1. The highest BCUT2D eigenvalue weighted by atomic mass is 127. The third kappa shape index (κ3) is 5.47. The standard InChI is InChI=1S/C23H28INO6/c1-6-29-19(26)13-16-20(22(27)30-7-2)14(4)25(18-12-10-9-11-17(18)24)15(5)21(16)23(28)31-8-3/h9-12,16H,6-8,13H2,1-5H3. The van der Waals surface area contributed by atoms with E-state index in [0.29, 0.717) is 11.4 Å². The van der Waals surface area contributed by atoms with Crippen LogP contribution in [0.3, 0.4) is 0 Å². The number of nitrogens with zero attached hydrogens (tertiary/aromatic N) is 1. The van der Waals surface area contributed by atoms with Crippen LogP contribution in [0.4, 0.5) is 5.69 Å². The largest absolute Gasteiger partial charge is 0.466 e.